The van der Waals surface area contributed by atoms with E-state index in [9.17, 15) is 14.0 Å². The fourth-order valence-corrected chi connectivity index (χ4v) is 2.75. The molecule has 0 aliphatic heterocycles. The van der Waals surface area contributed by atoms with Gasteiger partial charge in [0.1, 0.15) is 11.9 Å². The van der Waals surface area contributed by atoms with Gasteiger partial charge in [0, 0.05) is 11.1 Å². The summed E-state index contributed by atoms with van der Waals surface area (Å²) in [5, 5.41) is 6.69. The molecule has 0 aliphatic carbocycles. The number of nitrogens with zero attached hydrogens (tertiary/aromatic N) is 1. The summed E-state index contributed by atoms with van der Waals surface area (Å²) in [6, 6.07) is 9.64. The number of nitrogens with one attached hydrogen (secondary N) is 2. The summed E-state index contributed by atoms with van der Waals surface area (Å²) in [6.45, 7) is 6.11. The Labute approximate surface area is 181 Å². The third-order valence-electron chi connectivity index (χ3n) is 4.40. The number of methoxy groups -OCH3 is 1. The van der Waals surface area contributed by atoms with Crippen molar-refractivity contribution in [2.45, 2.75) is 33.2 Å². The molecular weight excluding hydrogens is 401 g/mol. The van der Waals surface area contributed by atoms with Crippen LogP contribution in [0, 0.1) is 11.7 Å². The van der Waals surface area contributed by atoms with Crippen molar-refractivity contribution in [1.82, 2.24) is 10.7 Å². The van der Waals surface area contributed by atoms with Crippen molar-refractivity contribution >= 4 is 18.0 Å². The Kier molecular flexibility index (Phi) is 8.99. The molecule has 2 rings (SSSR count). The van der Waals surface area contributed by atoms with Crippen LogP contribution in [0.15, 0.2) is 47.6 Å². The van der Waals surface area contributed by atoms with Gasteiger partial charge in [0.25, 0.3) is 11.8 Å². The maximum absolute atomic E-state index is 13.1. The zero-order valence-corrected chi connectivity index (χ0v) is 18.1. The van der Waals surface area contributed by atoms with Gasteiger partial charge in [0.15, 0.2) is 11.5 Å². The minimum atomic E-state index is -0.823. The first-order chi connectivity index (χ1) is 14.9. The molecule has 31 heavy (non-hydrogen) atoms. The molecule has 8 heteroatoms. The van der Waals surface area contributed by atoms with Crippen LogP contribution in [0.3, 0.4) is 0 Å². The molecule has 0 radical (unpaired) electrons. The van der Waals surface area contributed by atoms with Gasteiger partial charge in [-0.3, -0.25) is 9.59 Å². The van der Waals surface area contributed by atoms with Crippen molar-refractivity contribution in [2.75, 3.05) is 13.7 Å². The van der Waals surface area contributed by atoms with Gasteiger partial charge in [-0.1, -0.05) is 26.8 Å². The van der Waals surface area contributed by atoms with Crippen LogP contribution in [0.1, 0.15) is 43.1 Å². The summed E-state index contributed by atoms with van der Waals surface area (Å²) >= 11 is 0. The van der Waals surface area contributed by atoms with E-state index in [2.05, 4.69) is 15.8 Å². The van der Waals surface area contributed by atoms with Gasteiger partial charge < -0.3 is 14.8 Å². The molecular formula is C23H28FN3O4. The lowest BCUT2D eigenvalue weighted by molar-refractivity contribution is -0.123. The molecule has 0 fully saturated rings. The van der Waals surface area contributed by atoms with E-state index in [4.69, 9.17) is 9.47 Å². The molecule has 2 N–H and O–H groups in total. The normalized spacial score (nSPS) is 11.9. The highest BCUT2D eigenvalue weighted by Crippen LogP contribution is 2.30. The number of benzene rings is 2. The molecule has 2 amide bonds. The fraction of sp³-hybridized carbons (Fsp3) is 0.348. The Balaban J connectivity index is 2.09. The van der Waals surface area contributed by atoms with Crippen LogP contribution in [0.4, 0.5) is 4.39 Å². The van der Waals surface area contributed by atoms with Gasteiger partial charge in [-0.05, 0) is 48.7 Å². The number of halogens is 1. The molecule has 0 heterocycles. The molecule has 0 bridgehead atoms. The van der Waals surface area contributed by atoms with Crippen molar-refractivity contribution in [1.29, 1.82) is 0 Å². The van der Waals surface area contributed by atoms with Crippen molar-refractivity contribution in [2.24, 2.45) is 11.0 Å². The minimum Gasteiger partial charge on any atom is -0.493 e. The summed E-state index contributed by atoms with van der Waals surface area (Å²) in [4.78, 5) is 25.0. The molecule has 1 atom stereocenters. The van der Waals surface area contributed by atoms with Crippen molar-refractivity contribution in [3.63, 3.8) is 0 Å². The number of carbonyl (C=O) groups is 2. The second kappa shape index (κ2) is 11.7. The lowest BCUT2D eigenvalue weighted by atomic mass is 10.0. The highest BCUT2D eigenvalue weighted by molar-refractivity contribution is 5.97. The number of hydrogen-bond acceptors (Lipinski definition) is 5. The van der Waals surface area contributed by atoms with Gasteiger partial charge >= 0.3 is 0 Å². The predicted molar refractivity (Wildman–Crippen MR) is 117 cm³/mol. The molecule has 2 aromatic carbocycles. The summed E-state index contributed by atoms with van der Waals surface area (Å²) in [5.41, 5.74) is 3.36. The predicted octanol–water partition coefficient (Wildman–Crippen LogP) is 3.53. The van der Waals surface area contributed by atoms with E-state index < -0.39 is 23.7 Å². The summed E-state index contributed by atoms with van der Waals surface area (Å²) in [6.07, 6.45) is 2.29. The van der Waals surface area contributed by atoms with Gasteiger partial charge in [0.05, 0.1) is 19.9 Å². The van der Waals surface area contributed by atoms with E-state index in [-0.39, 0.29) is 11.5 Å². The third-order valence-corrected chi connectivity index (χ3v) is 4.40. The van der Waals surface area contributed by atoms with E-state index in [1.54, 1.807) is 39.2 Å². The van der Waals surface area contributed by atoms with Crippen LogP contribution in [-0.2, 0) is 4.79 Å². The first kappa shape index (κ1) is 23.9. The highest BCUT2D eigenvalue weighted by Gasteiger charge is 2.24. The van der Waals surface area contributed by atoms with E-state index in [0.29, 0.717) is 23.7 Å². The minimum absolute atomic E-state index is 0.195. The Morgan fingerprint density at radius 3 is 2.48 bits per heavy atom. The SMILES string of the molecule is CCCOc1c(C=NNC(=O)C(NC(=O)c2ccc(F)cc2)C(C)C)cccc1OC. The average molecular weight is 429 g/mol. The lowest BCUT2D eigenvalue weighted by Gasteiger charge is -2.20. The molecule has 7 nitrogen and oxygen atoms in total. The second-order valence-corrected chi connectivity index (χ2v) is 7.16. The molecule has 1 unspecified atom stereocenters. The van der Waals surface area contributed by atoms with Crippen LogP contribution in [0.2, 0.25) is 0 Å². The van der Waals surface area contributed by atoms with Gasteiger partial charge in [0.2, 0.25) is 0 Å². The first-order valence-corrected chi connectivity index (χ1v) is 10.1. The van der Waals surface area contributed by atoms with Crippen LogP contribution in [-0.4, -0.2) is 37.8 Å². The van der Waals surface area contributed by atoms with E-state index in [1.165, 1.54) is 30.5 Å². The average Bonchev–Trinajstić information content (AvgIpc) is 2.76. The highest BCUT2D eigenvalue weighted by atomic mass is 19.1. The van der Waals surface area contributed by atoms with E-state index in [0.717, 1.165) is 6.42 Å². The number of carbonyl (C=O) groups excluding carboxylic acids is 2. The summed E-state index contributed by atoms with van der Waals surface area (Å²) in [7, 11) is 1.55. The quantitative estimate of drug-likeness (QED) is 0.447. The number of hydrazone groups is 1. The van der Waals surface area contributed by atoms with Gasteiger partial charge in [-0.15, -0.1) is 0 Å². The Hall–Kier alpha value is -3.42. The van der Waals surface area contributed by atoms with E-state index in [1.807, 2.05) is 6.92 Å². The van der Waals surface area contributed by atoms with Crippen molar-refractivity contribution in [3.8, 4) is 11.5 Å². The number of para-hydroxylation sites is 1. The topological polar surface area (TPSA) is 89.0 Å². The maximum Gasteiger partial charge on any atom is 0.262 e. The molecule has 0 saturated heterocycles. The zero-order chi connectivity index (χ0) is 22.8. The smallest absolute Gasteiger partial charge is 0.262 e. The monoisotopic (exact) mass is 429 g/mol. The second-order valence-electron chi connectivity index (χ2n) is 7.16. The molecule has 0 spiro atoms. The number of hydrogen-bond donors (Lipinski definition) is 2. The van der Waals surface area contributed by atoms with Crippen molar-refractivity contribution in [3.05, 3.63) is 59.4 Å². The first-order valence-electron chi connectivity index (χ1n) is 10.1. The Morgan fingerprint density at radius 2 is 1.87 bits per heavy atom. The van der Waals surface area contributed by atoms with Crippen LogP contribution >= 0.6 is 0 Å². The largest absolute Gasteiger partial charge is 0.493 e. The van der Waals surface area contributed by atoms with Crippen molar-refractivity contribution < 1.29 is 23.5 Å². The Morgan fingerprint density at radius 1 is 1.16 bits per heavy atom. The molecule has 166 valence electrons. The molecule has 0 saturated carbocycles. The lowest BCUT2D eigenvalue weighted by Crippen LogP contribution is -2.48. The standard InChI is InChI=1S/C23H28FN3O4/c1-5-13-31-21-17(7-6-8-19(21)30-4)14-25-27-23(29)20(15(2)3)26-22(28)16-9-11-18(24)12-10-16/h6-12,14-15,20H,5,13H2,1-4H3,(H,26,28)(H,27,29). The molecule has 0 aromatic heterocycles. The Bertz CT molecular complexity index is 914. The molecule has 0 aliphatic rings. The summed E-state index contributed by atoms with van der Waals surface area (Å²) < 4.78 is 24.1. The van der Waals surface area contributed by atoms with E-state index >= 15 is 0 Å². The number of ether oxygens (including phenoxy) is 2. The third kappa shape index (κ3) is 6.80. The summed E-state index contributed by atoms with van der Waals surface area (Å²) in [5.74, 6) is -0.476. The van der Waals surface area contributed by atoms with Crippen LogP contribution < -0.4 is 20.2 Å². The number of rotatable bonds is 10. The van der Waals surface area contributed by atoms with Gasteiger partial charge in [-0.25, -0.2) is 9.82 Å². The van der Waals surface area contributed by atoms with Gasteiger partial charge in [-0.2, -0.15) is 5.10 Å². The number of amides is 2. The zero-order valence-electron chi connectivity index (χ0n) is 18.1. The van der Waals surface area contributed by atoms with Crippen LogP contribution in [0.5, 0.6) is 11.5 Å². The van der Waals surface area contributed by atoms with Crippen LogP contribution in [0.25, 0.3) is 0 Å². The molecule has 2 aromatic rings. The fourth-order valence-electron chi connectivity index (χ4n) is 2.75. The maximum atomic E-state index is 13.1.